The molecule has 1 nitrogen and oxygen atoms in total. The molecule has 1 unspecified atom stereocenters. The number of nitrogens with two attached hydrogens (primary N) is 1. The number of hydrogen-bond donors (Lipinski definition) is 1. The second-order valence-electron chi connectivity index (χ2n) is 3.41. The Morgan fingerprint density at radius 1 is 1.19 bits per heavy atom. The lowest BCUT2D eigenvalue weighted by molar-refractivity contribution is -0.138. The topological polar surface area (TPSA) is 26.0 Å². The van der Waals surface area contributed by atoms with Crippen LogP contribution < -0.4 is 5.73 Å². The van der Waals surface area contributed by atoms with Crippen LogP contribution in [0, 0.1) is 0 Å². The van der Waals surface area contributed by atoms with Crippen molar-refractivity contribution in [2.75, 3.05) is 0 Å². The van der Waals surface area contributed by atoms with Gasteiger partial charge in [-0.25, -0.2) is 0 Å². The van der Waals surface area contributed by atoms with E-state index in [0.29, 0.717) is 5.02 Å². The average molecular weight is 274 g/mol. The Morgan fingerprint density at radius 2 is 1.69 bits per heavy atom. The van der Waals surface area contributed by atoms with E-state index in [9.17, 15) is 13.2 Å². The number of rotatable bonds is 3. The molecule has 1 rings (SSSR count). The highest BCUT2D eigenvalue weighted by atomic mass is 35.5. The molecule has 0 aliphatic heterocycles. The van der Waals surface area contributed by atoms with E-state index >= 15 is 0 Å². The molecular weight excluding hydrogens is 262 g/mol. The van der Waals surface area contributed by atoms with E-state index in [1.807, 2.05) is 0 Å². The van der Waals surface area contributed by atoms with Gasteiger partial charge in [0.1, 0.15) is 0 Å². The summed E-state index contributed by atoms with van der Waals surface area (Å²) in [4.78, 5) is 0. The molecule has 0 radical (unpaired) electrons. The second kappa shape index (κ2) is 6.33. The maximum Gasteiger partial charge on any atom is 0.390 e. The normalized spacial score (nSPS) is 13.1. The summed E-state index contributed by atoms with van der Waals surface area (Å²) in [6.07, 6.45) is -4.96. The molecule has 0 amide bonds. The van der Waals surface area contributed by atoms with Crippen molar-refractivity contribution in [1.29, 1.82) is 0 Å². The fourth-order valence-electron chi connectivity index (χ4n) is 1.29. The van der Waals surface area contributed by atoms with Crippen molar-refractivity contribution >= 4 is 24.0 Å². The first-order chi connectivity index (χ1) is 6.87. The zero-order valence-corrected chi connectivity index (χ0v) is 9.87. The number of benzene rings is 1. The first-order valence-electron chi connectivity index (χ1n) is 4.43. The highest BCUT2D eigenvalue weighted by molar-refractivity contribution is 6.30. The van der Waals surface area contributed by atoms with Gasteiger partial charge in [0.05, 0.1) is 6.42 Å². The van der Waals surface area contributed by atoms with Gasteiger partial charge in [0.15, 0.2) is 0 Å². The molecule has 0 saturated heterocycles. The number of alkyl halides is 3. The summed E-state index contributed by atoms with van der Waals surface area (Å²) in [6, 6.07) is 5.73. The van der Waals surface area contributed by atoms with Crippen molar-refractivity contribution in [3.63, 3.8) is 0 Å². The quantitative estimate of drug-likeness (QED) is 0.895. The van der Waals surface area contributed by atoms with Crippen LogP contribution >= 0.6 is 24.0 Å². The number of hydrogen-bond acceptors (Lipinski definition) is 1. The summed E-state index contributed by atoms with van der Waals surface area (Å²) >= 11 is 5.64. The standard InChI is InChI=1S/C10H11ClF3N.ClH/c11-8-3-1-7(2-4-8)5-9(15)6-10(12,13)14;/h1-4,9H,5-6,15H2;1H. The van der Waals surface area contributed by atoms with Crippen molar-refractivity contribution in [3.05, 3.63) is 34.9 Å². The molecule has 6 heteroatoms. The van der Waals surface area contributed by atoms with Gasteiger partial charge in [0, 0.05) is 11.1 Å². The van der Waals surface area contributed by atoms with Crippen LogP contribution in [0.3, 0.4) is 0 Å². The summed E-state index contributed by atoms with van der Waals surface area (Å²) in [5.41, 5.74) is 6.14. The third-order valence-corrected chi connectivity index (χ3v) is 2.16. The Kier molecular flexibility index (Phi) is 6.15. The van der Waals surface area contributed by atoms with Gasteiger partial charge in [-0.2, -0.15) is 13.2 Å². The largest absolute Gasteiger partial charge is 0.390 e. The van der Waals surface area contributed by atoms with Crippen LogP contribution in [0.15, 0.2) is 24.3 Å². The van der Waals surface area contributed by atoms with Gasteiger partial charge in [-0.3, -0.25) is 0 Å². The Balaban J connectivity index is 0.00000225. The summed E-state index contributed by atoms with van der Waals surface area (Å²) in [6.45, 7) is 0. The fraction of sp³-hybridized carbons (Fsp3) is 0.400. The average Bonchev–Trinajstić information content (AvgIpc) is 2.05. The Hall–Kier alpha value is -0.450. The van der Waals surface area contributed by atoms with Crippen LogP contribution in [0.25, 0.3) is 0 Å². The predicted molar refractivity (Wildman–Crippen MR) is 61.1 cm³/mol. The van der Waals surface area contributed by atoms with Gasteiger partial charge in [-0.15, -0.1) is 12.4 Å². The highest BCUT2D eigenvalue weighted by Crippen LogP contribution is 2.22. The van der Waals surface area contributed by atoms with Crippen LogP contribution in [-0.2, 0) is 6.42 Å². The van der Waals surface area contributed by atoms with Crippen molar-refractivity contribution in [1.82, 2.24) is 0 Å². The van der Waals surface area contributed by atoms with Gasteiger partial charge >= 0.3 is 6.18 Å². The van der Waals surface area contributed by atoms with Gasteiger partial charge in [-0.1, -0.05) is 23.7 Å². The molecule has 0 aliphatic carbocycles. The smallest absolute Gasteiger partial charge is 0.327 e. The molecular formula is C10H12Cl2F3N. The molecule has 0 aliphatic rings. The van der Waals surface area contributed by atoms with E-state index in [0.717, 1.165) is 5.56 Å². The zero-order chi connectivity index (χ0) is 11.5. The molecule has 1 aromatic rings. The first-order valence-corrected chi connectivity index (χ1v) is 4.81. The van der Waals surface area contributed by atoms with E-state index < -0.39 is 18.6 Å². The molecule has 0 spiro atoms. The second-order valence-corrected chi connectivity index (χ2v) is 3.85. The van der Waals surface area contributed by atoms with Crippen LogP contribution in [0.5, 0.6) is 0 Å². The van der Waals surface area contributed by atoms with Gasteiger partial charge in [-0.05, 0) is 24.1 Å². The lowest BCUT2D eigenvalue weighted by atomic mass is 10.0. The van der Waals surface area contributed by atoms with Crippen LogP contribution in [0.1, 0.15) is 12.0 Å². The van der Waals surface area contributed by atoms with Gasteiger partial charge < -0.3 is 5.73 Å². The monoisotopic (exact) mass is 273 g/mol. The molecule has 0 bridgehead atoms. The lowest BCUT2D eigenvalue weighted by Crippen LogP contribution is -2.29. The molecule has 0 fully saturated rings. The minimum atomic E-state index is -4.20. The van der Waals surface area contributed by atoms with Crippen LogP contribution in [-0.4, -0.2) is 12.2 Å². The maximum absolute atomic E-state index is 12.0. The van der Waals surface area contributed by atoms with Crippen LogP contribution in [0.4, 0.5) is 13.2 Å². The van der Waals surface area contributed by atoms with E-state index in [2.05, 4.69) is 0 Å². The summed E-state index contributed by atoms with van der Waals surface area (Å²) in [5, 5.41) is 0.558. The molecule has 2 N–H and O–H groups in total. The van der Waals surface area contributed by atoms with Crippen molar-refractivity contribution < 1.29 is 13.2 Å². The minimum Gasteiger partial charge on any atom is -0.327 e. The van der Waals surface area contributed by atoms with E-state index in [1.165, 1.54) is 0 Å². The number of halogens is 5. The summed E-state index contributed by atoms with van der Waals surface area (Å²) in [5.74, 6) is 0. The zero-order valence-electron chi connectivity index (χ0n) is 8.30. The van der Waals surface area contributed by atoms with Crippen molar-refractivity contribution in [2.45, 2.75) is 25.1 Å². The van der Waals surface area contributed by atoms with Crippen LogP contribution in [0.2, 0.25) is 5.02 Å². The minimum absolute atomic E-state index is 0. The molecule has 1 atom stereocenters. The molecule has 16 heavy (non-hydrogen) atoms. The Morgan fingerprint density at radius 3 is 2.12 bits per heavy atom. The Labute approximate surface area is 103 Å². The molecule has 0 heterocycles. The molecule has 0 aromatic heterocycles. The molecule has 1 aromatic carbocycles. The van der Waals surface area contributed by atoms with E-state index in [-0.39, 0.29) is 18.8 Å². The van der Waals surface area contributed by atoms with Gasteiger partial charge in [0.2, 0.25) is 0 Å². The van der Waals surface area contributed by atoms with E-state index in [4.69, 9.17) is 17.3 Å². The summed E-state index contributed by atoms with van der Waals surface area (Å²) in [7, 11) is 0. The highest BCUT2D eigenvalue weighted by Gasteiger charge is 2.30. The Bertz CT molecular complexity index is 311. The maximum atomic E-state index is 12.0. The SMILES string of the molecule is Cl.NC(Cc1ccc(Cl)cc1)CC(F)(F)F. The predicted octanol–water partition coefficient (Wildman–Crippen LogP) is 3.58. The molecule has 92 valence electrons. The van der Waals surface area contributed by atoms with E-state index in [1.54, 1.807) is 24.3 Å². The molecule has 0 saturated carbocycles. The fourth-order valence-corrected chi connectivity index (χ4v) is 1.42. The third kappa shape index (κ3) is 6.20. The first kappa shape index (κ1) is 15.6. The summed E-state index contributed by atoms with van der Waals surface area (Å²) < 4.78 is 35.9. The van der Waals surface area contributed by atoms with Gasteiger partial charge in [0.25, 0.3) is 0 Å². The third-order valence-electron chi connectivity index (χ3n) is 1.90. The lowest BCUT2D eigenvalue weighted by Gasteiger charge is -2.13. The van der Waals surface area contributed by atoms with Crippen molar-refractivity contribution in [2.24, 2.45) is 5.73 Å². The van der Waals surface area contributed by atoms with Crippen molar-refractivity contribution in [3.8, 4) is 0 Å².